The number of ether oxygens (including phenoxy) is 2. The van der Waals surface area contributed by atoms with Crippen LogP contribution in [0.4, 0.5) is 0 Å². The molecule has 0 radical (unpaired) electrons. The lowest BCUT2D eigenvalue weighted by molar-refractivity contribution is -0.139. The number of aliphatic hydroxyl groups is 1. The molecule has 1 heterocycles. The van der Waals surface area contributed by atoms with Crippen molar-refractivity contribution in [3.63, 3.8) is 0 Å². The number of nitrogens with zero attached hydrogens (tertiary/aromatic N) is 2. The lowest BCUT2D eigenvalue weighted by Gasteiger charge is -2.26. The van der Waals surface area contributed by atoms with E-state index in [1.807, 2.05) is 38.1 Å². The molecule has 1 aliphatic heterocycles. The molecular weight excluding hydrogens is 444 g/mol. The van der Waals surface area contributed by atoms with E-state index in [1.165, 1.54) is 0 Å². The number of Topliss-reactive ketones (excluding diaryl/α,β-unsaturated/α-hetero) is 1. The highest BCUT2D eigenvalue weighted by Crippen LogP contribution is 2.40. The maximum Gasteiger partial charge on any atom is 0.295 e. The van der Waals surface area contributed by atoms with Gasteiger partial charge in [0.1, 0.15) is 23.9 Å². The molecular formula is C28H34N2O5. The van der Waals surface area contributed by atoms with E-state index < -0.39 is 17.7 Å². The van der Waals surface area contributed by atoms with Crippen molar-refractivity contribution >= 4 is 17.4 Å². The van der Waals surface area contributed by atoms with Crippen LogP contribution < -0.4 is 9.47 Å². The Balaban J connectivity index is 2.03. The van der Waals surface area contributed by atoms with Crippen LogP contribution in [0.3, 0.4) is 0 Å². The number of ketones is 1. The van der Waals surface area contributed by atoms with E-state index in [9.17, 15) is 14.7 Å². The van der Waals surface area contributed by atoms with Crippen LogP contribution in [0.15, 0.2) is 66.8 Å². The van der Waals surface area contributed by atoms with E-state index in [-0.39, 0.29) is 11.3 Å². The molecule has 0 aromatic heterocycles. The van der Waals surface area contributed by atoms with Crippen LogP contribution >= 0.6 is 0 Å². The maximum absolute atomic E-state index is 13.2. The van der Waals surface area contributed by atoms with Gasteiger partial charge in [0, 0.05) is 12.1 Å². The molecule has 1 amide bonds. The van der Waals surface area contributed by atoms with Crippen molar-refractivity contribution in [1.29, 1.82) is 0 Å². The number of likely N-dealkylation sites (tertiary alicyclic amines) is 1. The van der Waals surface area contributed by atoms with Crippen LogP contribution in [0.2, 0.25) is 0 Å². The standard InChI is InChI=1S/C28H34N2O5/c1-5-17-34-22-13-11-20(12-14-22)26(31)24-25(21-9-7-10-23(19-21)35-18-6-2)30(28(33)27(24)32)16-8-15-29(3)4/h6-7,9-14,19,25,31H,2,5,8,15-18H2,1,3-4H3. The Kier molecular flexibility index (Phi) is 9.09. The second-order valence-electron chi connectivity index (χ2n) is 8.69. The zero-order chi connectivity index (χ0) is 25.4. The first-order valence-corrected chi connectivity index (χ1v) is 11.9. The van der Waals surface area contributed by atoms with Crippen molar-refractivity contribution in [3.8, 4) is 11.5 Å². The normalized spacial score (nSPS) is 17.1. The van der Waals surface area contributed by atoms with E-state index in [0.717, 1.165) is 13.0 Å². The van der Waals surface area contributed by atoms with Crippen molar-refractivity contribution in [3.05, 3.63) is 77.9 Å². The Bertz CT molecular complexity index is 1080. The average molecular weight is 479 g/mol. The summed E-state index contributed by atoms with van der Waals surface area (Å²) in [4.78, 5) is 29.9. The summed E-state index contributed by atoms with van der Waals surface area (Å²) >= 11 is 0. The molecule has 186 valence electrons. The molecule has 1 aliphatic rings. The third-order valence-electron chi connectivity index (χ3n) is 5.69. The minimum absolute atomic E-state index is 0.0722. The number of hydrogen-bond donors (Lipinski definition) is 1. The van der Waals surface area contributed by atoms with Crippen LogP contribution in [-0.4, -0.2) is 67.0 Å². The molecule has 35 heavy (non-hydrogen) atoms. The van der Waals surface area contributed by atoms with Gasteiger partial charge < -0.3 is 24.4 Å². The zero-order valence-corrected chi connectivity index (χ0v) is 20.7. The van der Waals surface area contributed by atoms with Crippen LogP contribution in [-0.2, 0) is 9.59 Å². The number of aliphatic hydroxyl groups excluding tert-OH is 1. The molecule has 1 saturated heterocycles. The van der Waals surface area contributed by atoms with Gasteiger partial charge in [-0.05, 0) is 75.4 Å². The second-order valence-corrected chi connectivity index (χ2v) is 8.69. The van der Waals surface area contributed by atoms with Crippen molar-refractivity contribution < 1.29 is 24.2 Å². The summed E-state index contributed by atoms with van der Waals surface area (Å²) in [6.45, 7) is 7.76. The molecule has 0 bridgehead atoms. The van der Waals surface area contributed by atoms with Crippen LogP contribution in [0.25, 0.3) is 5.76 Å². The van der Waals surface area contributed by atoms with Gasteiger partial charge in [-0.15, -0.1) is 0 Å². The number of amides is 1. The van der Waals surface area contributed by atoms with Gasteiger partial charge in [-0.2, -0.15) is 0 Å². The first-order valence-electron chi connectivity index (χ1n) is 11.9. The highest BCUT2D eigenvalue weighted by atomic mass is 16.5. The molecule has 1 unspecified atom stereocenters. The Labute approximate surface area is 207 Å². The van der Waals surface area contributed by atoms with Gasteiger partial charge in [-0.25, -0.2) is 0 Å². The van der Waals surface area contributed by atoms with Crippen molar-refractivity contribution in [2.24, 2.45) is 0 Å². The molecule has 2 aromatic carbocycles. The van der Waals surface area contributed by atoms with E-state index in [2.05, 4.69) is 6.58 Å². The topological polar surface area (TPSA) is 79.3 Å². The van der Waals surface area contributed by atoms with E-state index in [4.69, 9.17) is 9.47 Å². The lowest BCUT2D eigenvalue weighted by Crippen LogP contribution is -2.32. The fraction of sp³-hybridized carbons (Fsp3) is 0.357. The quantitative estimate of drug-likeness (QED) is 0.211. The summed E-state index contributed by atoms with van der Waals surface area (Å²) in [6, 6.07) is 13.4. The van der Waals surface area contributed by atoms with Gasteiger partial charge in [0.25, 0.3) is 11.7 Å². The minimum Gasteiger partial charge on any atom is -0.507 e. The largest absolute Gasteiger partial charge is 0.507 e. The van der Waals surface area contributed by atoms with Crippen LogP contribution in [0.1, 0.15) is 36.9 Å². The number of benzene rings is 2. The molecule has 1 fully saturated rings. The first kappa shape index (κ1) is 26.0. The van der Waals surface area contributed by atoms with E-state index >= 15 is 0 Å². The molecule has 2 aromatic rings. The summed E-state index contributed by atoms with van der Waals surface area (Å²) < 4.78 is 11.3. The fourth-order valence-corrected chi connectivity index (χ4v) is 4.03. The molecule has 3 rings (SSSR count). The Hall–Kier alpha value is -3.58. The van der Waals surface area contributed by atoms with Gasteiger partial charge in [-0.1, -0.05) is 31.7 Å². The SMILES string of the molecule is C=CCOc1cccc(C2C(=C(O)c3ccc(OCCC)cc3)C(=O)C(=O)N2CCCN(C)C)c1. The average Bonchev–Trinajstić information content (AvgIpc) is 3.11. The van der Waals surface area contributed by atoms with E-state index in [1.54, 1.807) is 47.4 Å². The monoisotopic (exact) mass is 478 g/mol. The highest BCUT2D eigenvalue weighted by Gasteiger charge is 2.45. The highest BCUT2D eigenvalue weighted by molar-refractivity contribution is 6.46. The van der Waals surface area contributed by atoms with Crippen LogP contribution in [0, 0.1) is 0 Å². The first-order chi connectivity index (χ1) is 16.9. The van der Waals surface area contributed by atoms with Crippen molar-refractivity contribution in [2.45, 2.75) is 25.8 Å². The minimum atomic E-state index is -0.722. The van der Waals surface area contributed by atoms with Gasteiger partial charge in [0.05, 0.1) is 18.2 Å². The van der Waals surface area contributed by atoms with Gasteiger partial charge >= 0.3 is 0 Å². The molecule has 0 aliphatic carbocycles. The predicted molar refractivity (Wildman–Crippen MR) is 137 cm³/mol. The third kappa shape index (κ3) is 6.31. The summed E-state index contributed by atoms with van der Waals surface area (Å²) in [6.07, 6.45) is 3.22. The molecule has 1 atom stereocenters. The Morgan fingerprint density at radius 2 is 1.86 bits per heavy atom. The molecule has 7 heteroatoms. The second kappa shape index (κ2) is 12.2. The van der Waals surface area contributed by atoms with Gasteiger partial charge in [-0.3, -0.25) is 9.59 Å². The Morgan fingerprint density at radius 1 is 1.11 bits per heavy atom. The van der Waals surface area contributed by atoms with Crippen LogP contribution in [0.5, 0.6) is 11.5 Å². The lowest BCUT2D eigenvalue weighted by atomic mass is 9.95. The predicted octanol–water partition coefficient (Wildman–Crippen LogP) is 4.41. The maximum atomic E-state index is 13.2. The number of carbonyl (C=O) groups is 2. The van der Waals surface area contributed by atoms with E-state index in [0.29, 0.717) is 48.8 Å². The summed E-state index contributed by atoms with van der Waals surface area (Å²) in [5, 5.41) is 11.2. The number of carbonyl (C=O) groups excluding carboxylic acids is 2. The summed E-state index contributed by atoms with van der Waals surface area (Å²) in [5.74, 6) is -0.241. The smallest absolute Gasteiger partial charge is 0.295 e. The van der Waals surface area contributed by atoms with Gasteiger partial charge in [0.15, 0.2) is 0 Å². The molecule has 0 saturated carbocycles. The van der Waals surface area contributed by atoms with Crippen molar-refractivity contribution in [1.82, 2.24) is 9.80 Å². The number of hydrogen-bond acceptors (Lipinski definition) is 6. The third-order valence-corrected chi connectivity index (χ3v) is 5.69. The zero-order valence-electron chi connectivity index (χ0n) is 20.7. The van der Waals surface area contributed by atoms with Gasteiger partial charge in [0.2, 0.25) is 0 Å². The Morgan fingerprint density at radius 3 is 2.51 bits per heavy atom. The fourth-order valence-electron chi connectivity index (χ4n) is 4.03. The molecule has 0 spiro atoms. The summed E-state index contributed by atoms with van der Waals surface area (Å²) in [7, 11) is 3.92. The molecule has 7 nitrogen and oxygen atoms in total. The number of rotatable bonds is 12. The molecule has 1 N–H and O–H groups in total. The summed E-state index contributed by atoms with van der Waals surface area (Å²) in [5.41, 5.74) is 1.22. The van der Waals surface area contributed by atoms with Crippen molar-refractivity contribution in [2.75, 3.05) is 40.4 Å².